The van der Waals surface area contributed by atoms with Gasteiger partial charge in [0.1, 0.15) is 43.2 Å². The van der Waals surface area contributed by atoms with Gasteiger partial charge in [-0.3, -0.25) is 18.6 Å². The maximum absolute atomic E-state index is 12.8. The fourth-order valence-corrected chi connectivity index (χ4v) is 8.50. The fraction of sp³-hybridized carbons (Fsp3) is 0.804. The molecule has 0 aromatic heterocycles. The van der Waals surface area contributed by atoms with Crippen LogP contribution in [0.5, 0.6) is 0 Å². The minimum Gasteiger partial charge on any atom is -0.462 e. The molecule has 0 spiro atoms. The Hall–Kier alpha value is -2.19. The Bertz CT molecular complexity index is 1320. The van der Waals surface area contributed by atoms with Crippen molar-refractivity contribution in [2.24, 2.45) is 0 Å². The first-order valence-corrected chi connectivity index (χ1v) is 26.9. The fourth-order valence-electron chi connectivity index (χ4n) is 7.52. The third-order valence-corrected chi connectivity index (χ3v) is 12.6. The summed E-state index contributed by atoms with van der Waals surface area (Å²) < 4.78 is 33.6. The zero-order valence-corrected chi connectivity index (χ0v) is 41.2. The van der Waals surface area contributed by atoms with E-state index in [-0.39, 0.29) is 12.8 Å². The van der Waals surface area contributed by atoms with E-state index in [2.05, 4.69) is 62.5 Å². The van der Waals surface area contributed by atoms with Crippen LogP contribution >= 0.6 is 7.82 Å². The van der Waals surface area contributed by atoms with Crippen molar-refractivity contribution in [3.8, 4) is 0 Å². The molecule has 65 heavy (non-hydrogen) atoms. The van der Waals surface area contributed by atoms with Crippen LogP contribution in [0.3, 0.4) is 0 Å². The molecule has 1 saturated carbocycles. The molecule has 0 saturated heterocycles. The van der Waals surface area contributed by atoms with Crippen LogP contribution < -0.4 is 0 Å². The largest absolute Gasteiger partial charge is 0.472 e. The molecule has 0 aliphatic heterocycles. The van der Waals surface area contributed by atoms with Crippen molar-refractivity contribution in [2.45, 2.75) is 249 Å². The van der Waals surface area contributed by atoms with E-state index in [0.717, 1.165) is 77.0 Å². The van der Waals surface area contributed by atoms with Gasteiger partial charge in [-0.05, 0) is 77.0 Å². The van der Waals surface area contributed by atoms with Crippen LogP contribution in [0.25, 0.3) is 0 Å². The summed E-state index contributed by atoms with van der Waals surface area (Å²) in [5, 5.41) is 50.2. The van der Waals surface area contributed by atoms with E-state index < -0.39 is 75.7 Å². The first-order valence-electron chi connectivity index (χ1n) is 25.4. The molecule has 1 aliphatic rings. The van der Waals surface area contributed by atoms with Crippen LogP contribution in [-0.4, -0.2) is 98.3 Å². The number of carbonyl (C=O) groups excluding carboxylic acids is 2. The van der Waals surface area contributed by atoms with Gasteiger partial charge in [0.25, 0.3) is 0 Å². The number of rotatable bonds is 42. The van der Waals surface area contributed by atoms with Gasteiger partial charge in [0, 0.05) is 12.8 Å². The van der Waals surface area contributed by atoms with Gasteiger partial charge in [-0.2, -0.15) is 0 Å². The van der Waals surface area contributed by atoms with Gasteiger partial charge >= 0.3 is 19.8 Å². The summed E-state index contributed by atoms with van der Waals surface area (Å²) in [5.74, 6) is -1.13. The number of aliphatic hydroxyl groups is 5. The number of allylic oxidation sites excluding steroid dienone is 8. The first-order chi connectivity index (χ1) is 31.4. The normalized spacial score (nSPS) is 21.8. The van der Waals surface area contributed by atoms with Gasteiger partial charge in [-0.25, -0.2) is 4.57 Å². The van der Waals surface area contributed by atoms with Crippen LogP contribution in [-0.2, 0) is 32.7 Å². The number of unbranched alkanes of at least 4 members (excludes halogenated alkanes) is 22. The van der Waals surface area contributed by atoms with Crippen LogP contribution in [0, 0.1) is 0 Å². The highest BCUT2D eigenvalue weighted by Gasteiger charge is 2.51. The lowest BCUT2D eigenvalue weighted by molar-refractivity contribution is -0.220. The summed E-state index contributed by atoms with van der Waals surface area (Å²) in [6.07, 6.45) is 35.8. The second kappa shape index (κ2) is 40.8. The number of esters is 2. The summed E-state index contributed by atoms with van der Waals surface area (Å²) in [6, 6.07) is 0. The van der Waals surface area contributed by atoms with Gasteiger partial charge in [0.15, 0.2) is 6.10 Å². The summed E-state index contributed by atoms with van der Waals surface area (Å²) in [4.78, 5) is 35.8. The highest BCUT2D eigenvalue weighted by Crippen LogP contribution is 2.47. The number of aliphatic hydroxyl groups excluding tert-OH is 5. The average Bonchev–Trinajstić information content (AvgIpc) is 3.29. The van der Waals surface area contributed by atoms with Crippen molar-refractivity contribution in [3.63, 3.8) is 0 Å². The lowest BCUT2D eigenvalue weighted by Gasteiger charge is -2.41. The zero-order valence-electron chi connectivity index (χ0n) is 40.3. The Balaban J connectivity index is 2.43. The quantitative estimate of drug-likeness (QED) is 0.0146. The van der Waals surface area contributed by atoms with E-state index in [0.29, 0.717) is 12.8 Å². The molecule has 0 aromatic carbocycles. The Morgan fingerprint density at radius 1 is 0.477 bits per heavy atom. The van der Waals surface area contributed by atoms with Crippen LogP contribution in [0.1, 0.15) is 206 Å². The molecule has 0 aromatic rings. The summed E-state index contributed by atoms with van der Waals surface area (Å²) in [7, 11) is -5.13. The molecular formula is C51H91O13P. The number of hydrogen-bond acceptors (Lipinski definition) is 12. The van der Waals surface area contributed by atoms with E-state index >= 15 is 0 Å². The second-order valence-electron chi connectivity index (χ2n) is 17.7. The topological polar surface area (TPSA) is 210 Å². The van der Waals surface area contributed by atoms with Crippen molar-refractivity contribution in [1.82, 2.24) is 0 Å². The number of phosphoric ester groups is 1. The van der Waals surface area contributed by atoms with Crippen molar-refractivity contribution in [2.75, 3.05) is 13.2 Å². The smallest absolute Gasteiger partial charge is 0.462 e. The lowest BCUT2D eigenvalue weighted by Crippen LogP contribution is -2.64. The van der Waals surface area contributed by atoms with E-state index in [1.165, 1.54) is 89.9 Å². The summed E-state index contributed by atoms with van der Waals surface area (Å²) in [5.41, 5.74) is 0. The van der Waals surface area contributed by atoms with Gasteiger partial charge in [0.2, 0.25) is 0 Å². The molecule has 1 aliphatic carbocycles. The third-order valence-electron chi connectivity index (χ3n) is 11.6. The molecule has 8 atom stereocenters. The molecular weight excluding hydrogens is 852 g/mol. The summed E-state index contributed by atoms with van der Waals surface area (Å²) >= 11 is 0. The monoisotopic (exact) mass is 943 g/mol. The number of ether oxygens (including phenoxy) is 2. The lowest BCUT2D eigenvalue weighted by atomic mass is 9.85. The molecule has 378 valence electrons. The van der Waals surface area contributed by atoms with Gasteiger partial charge < -0.3 is 39.9 Å². The molecule has 0 heterocycles. The highest BCUT2D eigenvalue weighted by molar-refractivity contribution is 7.47. The van der Waals surface area contributed by atoms with Crippen molar-refractivity contribution in [3.05, 3.63) is 48.6 Å². The molecule has 14 heteroatoms. The van der Waals surface area contributed by atoms with Crippen LogP contribution in [0.4, 0.5) is 0 Å². The minimum atomic E-state index is -5.13. The molecule has 0 radical (unpaired) electrons. The Morgan fingerprint density at radius 3 is 1.31 bits per heavy atom. The first kappa shape index (κ1) is 60.8. The molecule has 0 bridgehead atoms. The van der Waals surface area contributed by atoms with Crippen LogP contribution in [0.15, 0.2) is 48.6 Å². The predicted molar refractivity (Wildman–Crippen MR) is 258 cm³/mol. The number of hydrogen-bond donors (Lipinski definition) is 6. The summed E-state index contributed by atoms with van der Waals surface area (Å²) in [6.45, 7) is 3.27. The maximum Gasteiger partial charge on any atom is 0.472 e. The Kier molecular flexibility index (Phi) is 38.2. The number of phosphoric acid groups is 1. The van der Waals surface area contributed by atoms with E-state index in [4.69, 9.17) is 18.5 Å². The Labute approximate surface area is 392 Å². The second-order valence-corrected chi connectivity index (χ2v) is 19.1. The van der Waals surface area contributed by atoms with Gasteiger partial charge in [-0.15, -0.1) is 0 Å². The predicted octanol–water partition coefficient (Wildman–Crippen LogP) is 10.7. The molecule has 1 rings (SSSR count). The molecule has 13 nitrogen and oxygen atoms in total. The van der Waals surface area contributed by atoms with Crippen molar-refractivity contribution < 1.29 is 63.1 Å². The molecule has 6 N–H and O–H groups in total. The van der Waals surface area contributed by atoms with Gasteiger partial charge in [0.05, 0.1) is 6.61 Å². The molecule has 6 unspecified atom stereocenters. The van der Waals surface area contributed by atoms with Crippen molar-refractivity contribution in [1.29, 1.82) is 0 Å². The molecule has 0 amide bonds. The van der Waals surface area contributed by atoms with E-state index in [9.17, 15) is 44.6 Å². The zero-order chi connectivity index (χ0) is 47.8. The third kappa shape index (κ3) is 33.0. The minimum absolute atomic E-state index is 0.0860. The number of carbonyl (C=O) groups is 2. The van der Waals surface area contributed by atoms with Gasteiger partial charge in [-0.1, -0.05) is 165 Å². The van der Waals surface area contributed by atoms with Crippen molar-refractivity contribution >= 4 is 19.8 Å². The maximum atomic E-state index is 12.8. The van der Waals surface area contributed by atoms with Crippen LogP contribution in [0.2, 0.25) is 0 Å². The van der Waals surface area contributed by atoms with E-state index in [1.807, 2.05) is 0 Å². The Morgan fingerprint density at radius 2 is 0.831 bits per heavy atom. The van der Waals surface area contributed by atoms with E-state index in [1.54, 1.807) is 0 Å². The molecule has 1 fully saturated rings. The standard InChI is InChI=1S/C51H91O13P/c1-3-5-7-9-11-13-15-17-19-21-22-24-26-28-30-32-34-36-38-40-45(53)63-43(42-62-65(59,60)64-51-49(57)47(55)46(54)48(56)50(51)58)41-61-44(52)39-37-35-33-31-29-27-25-23-20-18-16-14-12-10-8-6-4-2/h12,14,18,20-22,25,27,43,46-51,54-58H,3-11,13,15-17,19,23-24,26,28-42H2,1-2H3,(H,59,60)/b14-12-,20-18-,22-21-,27-25-/t43-,46?,47-,48?,49?,50?,51?/m1/s1. The average molecular weight is 943 g/mol. The highest BCUT2D eigenvalue weighted by atomic mass is 31.2. The SMILES string of the molecule is CCCCC/C=C\C/C=C\C/C=C\CCCCCCC(=O)OC[C@H](COP(=O)(O)OC1C(O)C(O)C(O)[C@@H](O)C1O)OC(=O)CCCCCCCCC/C=C\CCCCCCCCCC.